The van der Waals surface area contributed by atoms with Crippen LogP contribution >= 0.6 is 11.3 Å². The second-order valence-electron chi connectivity index (χ2n) is 9.17. The molecule has 162 valence electrons. The first kappa shape index (κ1) is 22.4. The van der Waals surface area contributed by atoms with Crippen LogP contribution in [0.2, 0.25) is 0 Å². The lowest BCUT2D eigenvalue weighted by atomic mass is 9.81. The van der Waals surface area contributed by atoms with Gasteiger partial charge < -0.3 is 15.3 Å². The summed E-state index contributed by atoms with van der Waals surface area (Å²) < 4.78 is 0. The van der Waals surface area contributed by atoms with E-state index in [0.717, 1.165) is 21.7 Å². The number of amides is 2. The van der Waals surface area contributed by atoms with Gasteiger partial charge in [-0.1, -0.05) is 52.0 Å². The van der Waals surface area contributed by atoms with Crippen molar-refractivity contribution in [1.82, 2.24) is 15.2 Å². The molecule has 30 heavy (non-hydrogen) atoms. The third-order valence-electron chi connectivity index (χ3n) is 5.96. The number of carbonyl (C=O) groups excluding carboxylic acids is 2. The summed E-state index contributed by atoms with van der Waals surface area (Å²) in [6.45, 7) is 10.5. The molecule has 0 saturated carbocycles. The number of nitrogens with one attached hydrogen (secondary N) is 1. The Kier molecular flexibility index (Phi) is 6.62. The number of aliphatic hydroxyl groups excluding tert-OH is 1. The monoisotopic (exact) mass is 429 g/mol. The molecule has 0 spiro atoms. The summed E-state index contributed by atoms with van der Waals surface area (Å²) in [7, 11) is 0. The Morgan fingerprint density at radius 2 is 1.97 bits per heavy atom. The van der Waals surface area contributed by atoms with Crippen LogP contribution in [-0.2, 0) is 16.1 Å². The van der Waals surface area contributed by atoms with Crippen LogP contribution in [0.5, 0.6) is 0 Å². The van der Waals surface area contributed by atoms with Crippen LogP contribution in [-0.4, -0.2) is 45.5 Å². The molecular weight excluding hydrogens is 398 g/mol. The topological polar surface area (TPSA) is 82.5 Å². The second kappa shape index (κ2) is 8.86. The number of β-amino-alcohol motifs (C(OH)–C–C–N with tert-alkyl or cyclic N) is 1. The molecule has 3 atom stereocenters. The van der Waals surface area contributed by atoms with Gasteiger partial charge in [0, 0.05) is 25.4 Å². The third kappa shape index (κ3) is 4.90. The van der Waals surface area contributed by atoms with Crippen molar-refractivity contribution in [3.8, 4) is 10.4 Å². The van der Waals surface area contributed by atoms with Crippen molar-refractivity contribution in [3.05, 3.63) is 41.0 Å². The average Bonchev–Trinajstić information content (AvgIpc) is 3.30. The zero-order chi connectivity index (χ0) is 22.1. The quantitative estimate of drug-likeness (QED) is 0.763. The number of hydrogen-bond acceptors (Lipinski definition) is 5. The zero-order valence-electron chi connectivity index (χ0n) is 18.3. The van der Waals surface area contributed by atoms with Crippen molar-refractivity contribution in [2.75, 3.05) is 6.54 Å². The molecule has 0 bridgehead atoms. The smallest absolute Gasteiger partial charge is 0.243 e. The summed E-state index contributed by atoms with van der Waals surface area (Å²) in [5, 5.41) is 13.0. The summed E-state index contributed by atoms with van der Waals surface area (Å²) in [5.41, 5.74) is 4.73. The molecule has 0 aliphatic carbocycles. The molecule has 1 aliphatic rings. The lowest BCUT2D eigenvalue weighted by molar-refractivity contribution is -0.144. The van der Waals surface area contributed by atoms with Gasteiger partial charge in [-0.25, -0.2) is 4.98 Å². The van der Waals surface area contributed by atoms with Crippen LogP contribution in [0.3, 0.4) is 0 Å². The molecule has 7 heteroatoms. The van der Waals surface area contributed by atoms with Gasteiger partial charge in [-0.3, -0.25) is 9.59 Å². The molecule has 1 aliphatic heterocycles. The van der Waals surface area contributed by atoms with E-state index in [1.165, 1.54) is 0 Å². The zero-order valence-corrected chi connectivity index (χ0v) is 19.1. The third-order valence-corrected chi connectivity index (χ3v) is 6.94. The number of hydrogen-bond donors (Lipinski definition) is 2. The first-order valence-corrected chi connectivity index (χ1v) is 11.2. The number of nitrogens with zero attached hydrogens (tertiary/aromatic N) is 2. The number of aryl methyl sites for hydroxylation is 1. The SMILES string of the molecule is Cc1ncsc1-c1ccc(CNC(=O)C2C[C@@H](O)CN2C(=O)[C@@H](C)C(C)(C)C)cc1. The summed E-state index contributed by atoms with van der Waals surface area (Å²) in [6.07, 6.45) is -0.392. The van der Waals surface area contributed by atoms with Crippen molar-refractivity contribution in [2.24, 2.45) is 11.3 Å². The highest BCUT2D eigenvalue weighted by Gasteiger charge is 2.42. The minimum Gasteiger partial charge on any atom is -0.391 e. The lowest BCUT2D eigenvalue weighted by Crippen LogP contribution is -2.49. The molecule has 1 aromatic carbocycles. The molecule has 2 N–H and O–H groups in total. The molecule has 2 aromatic rings. The Balaban J connectivity index is 1.63. The number of aliphatic hydroxyl groups is 1. The van der Waals surface area contributed by atoms with E-state index in [4.69, 9.17) is 0 Å². The first-order valence-electron chi connectivity index (χ1n) is 10.3. The molecule has 1 saturated heterocycles. The Labute approximate surface area is 182 Å². The molecular formula is C23H31N3O3S. The maximum atomic E-state index is 12.9. The fraction of sp³-hybridized carbons (Fsp3) is 0.522. The normalized spacial score (nSPS) is 20.3. The van der Waals surface area contributed by atoms with Crippen LogP contribution < -0.4 is 5.32 Å². The fourth-order valence-corrected chi connectivity index (χ4v) is 4.40. The van der Waals surface area contributed by atoms with Crippen molar-refractivity contribution in [2.45, 2.75) is 59.7 Å². The molecule has 1 aromatic heterocycles. The van der Waals surface area contributed by atoms with Crippen LogP contribution in [0.1, 0.15) is 45.4 Å². The Hall–Kier alpha value is -2.25. The van der Waals surface area contributed by atoms with Gasteiger partial charge in [0.05, 0.1) is 22.2 Å². The number of aromatic nitrogens is 1. The van der Waals surface area contributed by atoms with E-state index in [1.54, 1.807) is 16.2 Å². The van der Waals surface area contributed by atoms with Gasteiger partial charge in [-0.15, -0.1) is 11.3 Å². The van der Waals surface area contributed by atoms with Crippen LogP contribution in [0.25, 0.3) is 10.4 Å². The number of likely N-dealkylation sites (tertiary alicyclic amines) is 1. The predicted molar refractivity (Wildman–Crippen MR) is 119 cm³/mol. The summed E-state index contributed by atoms with van der Waals surface area (Å²) in [4.78, 5) is 32.7. The first-order chi connectivity index (χ1) is 14.1. The number of benzene rings is 1. The van der Waals surface area contributed by atoms with Gasteiger partial charge in [0.1, 0.15) is 6.04 Å². The van der Waals surface area contributed by atoms with Crippen molar-refractivity contribution >= 4 is 23.2 Å². The number of thiazole rings is 1. The van der Waals surface area contributed by atoms with Gasteiger partial charge in [0.2, 0.25) is 11.8 Å². The summed E-state index contributed by atoms with van der Waals surface area (Å²) in [6, 6.07) is 7.41. The minimum absolute atomic E-state index is 0.0801. The van der Waals surface area contributed by atoms with Crippen molar-refractivity contribution in [1.29, 1.82) is 0 Å². The Morgan fingerprint density at radius 1 is 1.30 bits per heavy atom. The highest BCUT2D eigenvalue weighted by Crippen LogP contribution is 2.30. The van der Waals surface area contributed by atoms with E-state index < -0.39 is 12.1 Å². The van der Waals surface area contributed by atoms with Crippen LogP contribution in [0.4, 0.5) is 0 Å². The molecule has 3 rings (SSSR count). The predicted octanol–water partition coefficient (Wildman–Crippen LogP) is 3.38. The molecule has 1 fully saturated rings. The molecule has 1 unspecified atom stereocenters. The highest BCUT2D eigenvalue weighted by molar-refractivity contribution is 7.13. The fourth-order valence-electron chi connectivity index (χ4n) is 3.58. The molecule has 2 heterocycles. The van der Waals surface area contributed by atoms with Gasteiger partial charge in [0.15, 0.2) is 0 Å². The van der Waals surface area contributed by atoms with E-state index in [2.05, 4.69) is 10.3 Å². The van der Waals surface area contributed by atoms with E-state index in [1.807, 2.05) is 64.4 Å². The largest absolute Gasteiger partial charge is 0.391 e. The summed E-state index contributed by atoms with van der Waals surface area (Å²) >= 11 is 1.61. The maximum absolute atomic E-state index is 12.9. The maximum Gasteiger partial charge on any atom is 0.243 e. The lowest BCUT2D eigenvalue weighted by Gasteiger charge is -2.32. The van der Waals surface area contributed by atoms with E-state index in [-0.39, 0.29) is 36.1 Å². The van der Waals surface area contributed by atoms with Gasteiger partial charge in [0.25, 0.3) is 0 Å². The van der Waals surface area contributed by atoms with Crippen LogP contribution in [0.15, 0.2) is 29.8 Å². The van der Waals surface area contributed by atoms with Gasteiger partial charge in [-0.05, 0) is 23.5 Å². The van der Waals surface area contributed by atoms with Crippen molar-refractivity contribution in [3.63, 3.8) is 0 Å². The number of carbonyl (C=O) groups is 2. The average molecular weight is 430 g/mol. The number of rotatable bonds is 5. The molecule has 2 amide bonds. The van der Waals surface area contributed by atoms with Gasteiger partial charge >= 0.3 is 0 Å². The summed E-state index contributed by atoms with van der Waals surface area (Å²) in [5.74, 6) is -0.535. The Morgan fingerprint density at radius 3 is 2.53 bits per heavy atom. The van der Waals surface area contributed by atoms with Crippen molar-refractivity contribution < 1.29 is 14.7 Å². The molecule has 6 nitrogen and oxygen atoms in total. The standard InChI is InChI=1S/C23H31N3O3S/c1-14(23(3,4)5)22(29)26-12-18(27)10-19(26)21(28)24-11-16-6-8-17(9-7-16)20-15(2)25-13-30-20/h6-9,13-14,18-19,27H,10-12H2,1-5H3,(H,24,28)/t14-,18-,19?/m1/s1. The van der Waals surface area contributed by atoms with Gasteiger partial charge in [-0.2, -0.15) is 0 Å². The Bertz CT molecular complexity index is 901. The van der Waals surface area contributed by atoms with E-state index >= 15 is 0 Å². The molecule has 0 radical (unpaired) electrons. The van der Waals surface area contributed by atoms with E-state index in [9.17, 15) is 14.7 Å². The minimum atomic E-state index is -0.668. The van der Waals surface area contributed by atoms with Crippen LogP contribution in [0, 0.1) is 18.3 Å². The highest BCUT2D eigenvalue weighted by atomic mass is 32.1. The van der Waals surface area contributed by atoms with E-state index in [0.29, 0.717) is 6.54 Å². The second-order valence-corrected chi connectivity index (χ2v) is 10.0.